The van der Waals surface area contributed by atoms with Crippen LogP contribution in [0.2, 0.25) is 0 Å². The monoisotopic (exact) mass is 464 g/mol. The van der Waals surface area contributed by atoms with Crippen molar-refractivity contribution < 1.29 is 19.1 Å². The second kappa shape index (κ2) is 11.2. The number of hydrogen-bond acceptors (Lipinski definition) is 4. The van der Waals surface area contributed by atoms with Crippen LogP contribution in [0.15, 0.2) is 72.8 Å². The molecule has 0 heterocycles. The number of aryl methyl sites for hydroxylation is 3. The molecule has 5 heteroatoms. The van der Waals surface area contributed by atoms with Crippen LogP contribution < -0.4 is 15.9 Å². The molecule has 0 aromatic heterocycles. The van der Waals surface area contributed by atoms with E-state index in [1.807, 2.05) is 0 Å². The average Bonchev–Trinajstić information content (AvgIpc) is 2.80. The van der Waals surface area contributed by atoms with Crippen LogP contribution in [-0.4, -0.2) is 31.3 Å². The zero-order valence-corrected chi connectivity index (χ0v) is 20.9. The van der Waals surface area contributed by atoms with E-state index in [1.165, 1.54) is 39.5 Å². The SMILES string of the molecule is CC(=O)OCC(=O)OCCC[PH](c1ccc(C)cc1)(c1ccc(C)cc1)c1ccc(C)cc1. The first-order valence-electron chi connectivity index (χ1n) is 11.3. The summed E-state index contributed by atoms with van der Waals surface area (Å²) in [6.45, 7) is 7.54. The summed E-state index contributed by atoms with van der Waals surface area (Å²) in [7, 11) is -2.38. The third-order valence-corrected chi connectivity index (χ3v) is 11.0. The maximum atomic E-state index is 11.9. The van der Waals surface area contributed by atoms with E-state index >= 15 is 0 Å². The van der Waals surface area contributed by atoms with Gasteiger partial charge in [-0.2, -0.15) is 0 Å². The Morgan fingerprint density at radius 3 is 1.42 bits per heavy atom. The average molecular weight is 465 g/mol. The Labute approximate surface area is 197 Å². The Balaban J connectivity index is 1.97. The van der Waals surface area contributed by atoms with E-state index in [2.05, 4.69) is 93.6 Å². The molecule has 3 aromatic rings. The summed E-state index contributed by atoms with van der Waals surface area (Å²) in [6.07, 6.45) is 1.61. The molecular formula is C28H33O4P. The first-order chi connectivity index (χ1) is 15.8. The molecule has 0 radical (unpaired) electrons. The van der Waals surface area contributed by atoms with E-state index in [1.54, 1.807) is 0 Å². The van der Waals surface area contributed by atoms with Gasteiger partial charge in [0.2, 0.25) is 0 Å². The Hall–Kier alpha value is -2.97. The third-order valence-electron chi connectivity index (χ3n) is 5.99. The molecule has 0 atom stereocenters. The number of carbonyl (C=O) groups is 2. The van der Waals surface area contributed by atoms with Crippen molar-refractivity contribution in [2.24, 2.45) is 0 Å². The fourth-order valence-electron chi connectivity index (χ4n) is 4.17. The summed E-state index contributed by atoms with van der Waals surface area (Å²) < 4.78 is 10.1. The van der Waals surface area contributed by atoms with Crippen molar-refractivity contribution in [1.29, 1.82) is 0 Å². The van der Waals surface area contributed by atoms with Crippen LogP contribution in [0.4, 0.5) is 0 Å². The maximum absolute atomic E-state index is 11.9. The molecule has 0 spiro atoms. The topological polar surface area (TPSA) is 52.6 Å². The van der Waals surface area contributed by atoms with E-state index in [0.717, 1.165) is 6.16 Å². The zero-order chi connectivity index (χ0) is 23.8. The van der Waals surface area contributed by atoms with E-state index in [9.17, 15) is 9.59 Å². The van der Waals surface area contributed by atoms with Gasteiger partial charge in [0, 0.05) is 0 Å². The van der Waals surface area contributed by atoms with Crippen molar-refractivity contribution in [1.82, 2.24) is 0 Å². The van der Waals surface area contributed by atoms with Gasteiger partial charge in [0.15, 0.2) is 0 Å². The van der Waals surface area contributed by atoms with E-state index in [0.29, 0.717) is 13.0 Å². The van der Waals surface area contributed by atoms with Crippen molar-refractivity contribution in [3.63, 3.8) is 0 Å². The Bertz CT molecular complexity index is 959. The van der Waals surface area contributed by atoms with Crippen molar-refractivity contribution in [2.75, 3.05) is 19.4 Å². The summed E-state index contributed by atoms with van der Waals surface area (Å²) in [5, 5.41) is 4.02. The summed E-state index contributed by atoms with van der Waals surface area (Å²) in [4.78, 5) is 22.8. The van der Waals surface area contributed by atoms with Gasteiger partial charge in [0.25, 0.3) is 0 Å². The molecule has 3 rings (SSSR count). The fraction of sp³-hybridized carbons (Fsp3) is 0.286. The third kappa shape index (κ3) is 6.30. The number of esters is 2. The molecule has 3 aromatic carbocycles. The fourth-order valence-corrected chi connectivity index (χ4v) is 8.92. The Morgan fingerprint density at radius 2 is 1.06 bits per heavy atom. The first-order valence-corrected chi connectivity index (χ1v) is 13.5. The molecule has 4 nitrogen and oxygen atoms in total. The molecule has 33 heavy (non-hydrogen) atoms. The Kier molecular flexibility index (Phi) is 8.41. The number of rotatable bonds is 9. The Morgan fingerprint density at radius 1 is 0.667 bits per heavy atom. The predicted molar refractivity (Wildman–Crippen MR) is 138 cm³/mol. The molecule has 0 saturated carbocycles. The molecule has 0 aliphatic heterocycles. The molecule has 0 amide bonds. The minimum absolute atomic E-state index is 0.290. The van der Waals surface area contributed by atoms with Gasteiger partial charge in [-0.05, 0) is 0 Å². The molecule has 174 valence electrons. The van der Waals surface area contributed by atoms with Crippen molar-refractivity contribution in [3.05, 3.63) is 89.5 Å². The number of benzene rings is 3. The van der Waals surface area contributed by atoms with Crippen LogP contribution in [0.1, 0.15) is 30.0 Å². The van der Waals surface area contributed by atoms with Gasteiger partial charge in [0.05, 0.1) is 0 Å². The van der Waals surface area contributed by atoms with Gasteiger partial charge < -0.3 is 0 Å². The van der Waals surface area contributed by atoms with E-state index in [4.69, 9.17) is 9.47 Å². The molecule has 0 fully saturated rings. The normalized spacial score (nSPS) is 11.6. The summed E-state index contributed by atoms with van der Waals surface area (Å²) >= 11 is 0. The van der Waals surface area contributed by atoms with Crippen LogP contribution in [-0.2, 0) is 19.1 Å². The molecule has 0 bridgehead atoms. The van der Waals surface area contributed by atoms with Crippen LogP contribution in [0.25, 0.3) is 0 Å². The summed E-state index contributed by atoms with van der Waals surface area (Å²) in [5.41, 5.74) is 3.69. The number of carbonyl (C=O) groups excluding carboxylic acids is 2. The van der Waals surface area contributed by atoms with Crippen molar-refractivity contribution in [3.8, 4) is 0 Å². The van der Waals surface area contributed by atoms with E-state index < -0.39 is 19.2 Å². The molecule has 0 saturated heterocycles. The van der Waals surface area contributed by atoms with Crippen molar-refractivity contribution in [2.45, 2.75) is 34.1 Å². The molecule has 0 N–H and O–H groups in total. The molecule has 0 unspecified atom stereocenters. The van der Waals surface area contributed by atoms with Gasteiger partial charge in [-0.1, -0.05) is 0 Å². The van der Waals surface area contributed by atoms with E-state index in [-0.39, 0.29) is 6.61 Å². The second-order valence-electron chi connectivity index (χ2n) is 8.61. The van der Waals surface area contributed by atoms with Crippen LogP contribution in [0, 0.1) is 20.8 Å². The molecule has 0 aliphatic carbocycles. The van der Waals surface area contributed by atoms with Gasteiger partial charge in [-0.25, -0.2) is 0 Å². The summed E-state index contributed by atoms with van der Waals surface area (Å²) in [6, 6.07) is 26.6. The standard InChI is InChI=1S/C28H33O4P/c1-21-6-12-25(13-7-21)33(26-14-8-22(2)9-15-26,27-16-10-23(3)11-17-27)19-5-18-31-28(30)20-32-24(4)29/h6-17,33H,5,18-20H2,1-4H3. The van der Waals surface area contributed by atoms with Gasteiger partial charge >= 0.3 is 197 Å². The first kappa shape index (κ1) is 24.7. The quantitative estimate of drug-likeness (QED) is 0.271. The predicted octanol–water partition coefficient (Wildman–Crippen LogP) is 4.13. The van der Waals surface area contributed by atoms with Gasteiger partial charge in [-0.15, -0.1) is 0 Å². The number of ether oxygens (including phenoxy) is 2. The molecular weight excluding hydrogens is 431 g/mol. The van der Waals surface area contributed by atoms with Gasteiger partial charge in [-0.3, -0.25) is 0 Å². The second-order valence-corrected chi connectivity index (χ2v) is 12.7. The van der Waals surface area contributed by atoms with Crippen LogP contribution in [0.3, 0.4) is 0 Å². The molecule has 0 aliphatic rings. The van der Waals surface area contributed by atoms with Crippen molar-refractivity contribution >= 4 is 35.1 Å². The zero-order valence-electron chi connectivity index (χ0n) is 19.9. The van der Waals surface area contributed by atoms with Crippen LogP contribution in [0.5, 0.6) is 0 Å². The minimum atomic E-state index is -2.38. The number of hydrogen-bond donors (Lipinski definition) is 0. The van der Waals surface area contributed by atoms with Crippen LogP contribution >= 0.6 is 7.26 Å². The van der Waals surface area contributed by atoms with Gasteiger partial charge in [0.1, 0.15) is 0 Å². The summed E-state index contributed by atoms with van der Waals surface area (Å²) in [5.74, 6) is -1.00.